The first-order valence-electron chi connectivity index (χ1n) is 4.38. The van der Waals surface area contributed by atoms with Crippen LogP contribution in [0.5, 0.6) is 0 Å². The van der Waals surface area contributed by atoms with Gasteiger partial charge in [0.05, 0.1) is 6.42 Å². The van der Waals surface area contributed by atoms with Crippen molar-refractivity contribution in [2.24, 2.45) is 0 Å². The van der Waals surface area contributed by atoms with Crippen LogP contribution in [0, 0.1) is 0 Å². The van der Waals surface area contributed by atoms with Crippen LogP contribution >= 0.6 is 24.8 Å². The number of nitrogens with zero attached hydrogens (tertiary/aromatic N) is 1. The minimum absolute atomic E-state index is 0. The van der Waals surface area contributed by atoms with Gasteiger partial charge in [-0.3, -0.25) is 4.79 Å². The van der Waals surface area contributed by atoms with Gasteiger partial charge in [-0.05, 0) is 24.3 Å². The zero-order chi connectivity index (χ0) is 10.6. The van der Waals surface area contributed by atoms with E-state index in [1.165, 1.54) is 0 Å². The van der Waals surface area contributed by atoms with Gasteiger partial charge in [-0.2, -0.15) is 0 Å². The molecule has 0 fully saturated rings. The van der Waals surface area contributed by atoms with Crippen molar-refractivity contribution >= 4 is 42.2 Å². The Labute approximate surface area is 107 Å². The lowest BCUT2D eigenvalue weighted by molar-refractivity contribution is -0.136. The number of halogens is 2. The lowest BCUT2D eigenvalue weighted by atomic mass is 10.2. The highest BCUT2D eigenvalue weighted by Crippen LogP contribution is 2.14. The molecule has 92 valence electrons. The molecule has 0 saturated carbocycles. The Morgan fingerprint density at radius 2 is 1.81 bits per heavy atom. The van der Waals surface area contributed by atoms with E-state index in [9.17, 15) is 4.79 Å². The van der Waals surface area contributed by atoms with Crippen LogP contribution in [0.25, 0.3) is 0 Å². The molecule has 0 spiro atoms. The second kappa shape index (κ2) is 8.07. The summed E-state index contributed by atoms with van der Waals surface area (Å²) in [7, 11) is 1.86. The lowest BCUT2D eigenvalue weighted by Crippen LogP contribution is -2.20. The van der Waals surface area contributed by atoms with Gasteiger partial charge in [-0.1, -0.05) is 0 Å². The molecule has 16 heavy (non-hydrogen) atoms. The second-order valence-electron chi connectivity index (χ2n) is 3.16. The molecule has 0 aliphatic rings. The van der Waals surface area contributed by atoms with Gasteiger partial charge in [0.2, 0.25) is 0 Å². The number of benzene rings is 1. The van der Waals surface area contributed by atoms with E-state index in [0.29, 0.717) is 12.2 Å². The Morgan fingerprint density at radius 3 is 2.25 bits per heavy atom. The van der Waals surface area contributed by atoms with Gasteiger partial charge in [0.15, 0.2) is 0 Å². The second-order valence-corrected chi connectivity index (χ2v) is 3.16. The largest absolute Gasteiger partial charge is 0.481 e. The summed E-state index contributed by atoms with van der Waals surface area (Å²) in [6.07, 6.45) is 0.140. The van der Waals surface area contributed by atoms with Crippen LogP contribution in [0.1, 0.15) is 6.42 Å². The van der Waals surface area contributed by atoms with E-state index in [-0.39, 0.29) is 31.2 Å². The third kappa shape index (κ3) is 5.68. The molecule has 0 bridgehead atoms. The maximum absolute atomic E-state index is 10.3. The molecule has 0 aliphatic carbocycles. The summed E-state index contributed by atoms with van der Waals surface area (Å²) in [6.45, 7) is 0.499. The highest BCUT2D eigenvalue weighted by atomic mass is 35.5. The Bertz CT molecular complexity index is 317. The molecular formula is C10H16Cl2N2O2. The zero-order valence-corrected chi connectivity index (χ0v) is 10.6. The minimum atomic E-state index is -0.785. The molecular weight excluding hydrogens is 251 g/mol. The van der Waals surface area contributed by atoms with E-state index in [2.05, 4.69) is 0 Å². The highest BCUT2D eigenvalue weighted by molar-refractivity contribution is 5.85. The van der Waals surface area contributed by atoms with E-state index < -0.39 is 5.97 Å². The molecule has 4 nitrogen and oxygen atoms in total. The maximum atomic E-state index is 10.3. The first-order valence-corrected chi connectivity index (χ1v) is 4.38. The first kappa shape index (κ1) is 17.3. The van der Waals surface area contributed by atoms with Crippen LogP contribution in [0.2, 0.25) is 0 Å². The van der Waals surface area contributed by atoms with Gasteiger partial charge >= 0.3 is 5.97 Å². The standard InChI is InChI=1S/C10H14N2O2.2ClH/c1-12(7-6-10(13)14)9-4-2-8(11)3-5-9;;/h2-5H,6-7,11H2,1H3,(H,13,14);2*1H. The van der Waals surface area contributed by atoms with Crippen molar-refractivity contribution in [3.63, 3.8) is 0 Å². The quantitative estimate of drug-likeness (QED) is 0.819. The number of aliphatic carboxylic acids is 1. The van der Waals surface area contributed by atoms with Gasteiger partial charge in [0.1, 0.15) is 0 Å². The van der Waals surface area contributed by atoms with Crippen LogP contribution in [0.3, 0.4) is 0 Å². The van der Waals surface area contributed by atoms with Crippen molar-refractivity contribution in [3.05, 3.63) is 24.3 Å². The molecule has 1 aromatic rings. The van der Waals surface area contributed by atoms with Crippen LogP contribution in [0.4, 0.5) is 11.4 Å². The smallest absolute Gasteiger partial charge is 0.305 e. The van der Waals surface area contributed by atoms with E-state index in [1.54, 1.807) is 12.1 Å². The van der Waals surface area contributed by atoms with Gasteiger partial charge in [0.25, 0.3) is 0 Å². The molecule has 0 heterocycles. The lowest BCUT2D eigenvalue weighted by Gasteiger charge is -2.18. The number of carboxylic acids is 1. The van der Waals surface area contributed by atoms with Gasteiger partial charge in [0, 0.05) is 25.0 Å². The third-order valence-corrected chi connectivity index (χ3v) is 1.99. The molecule has 0 aromatic heterocycles. The molecule has 0 atom stereocenters. The fourth-order valence-corrected chi connectivity index (χ4v) is 1.12. The summed E-state index contributed by atoms with van der Waals surface area (Å²) in [5.74, 6) is -0.785. The molecule has 3 N–H and O–H groups in total. The number of hydrogen-bond acceptors (Lipinski definition) is 3. The topological polar surface area (TPSA) is 66.6 Å². The highest BCUT2D eigenvalue weighted by Gasteiger charge is 2.02. The van der Waals surface area contributed by atoms with Gasteiger partial charge in [-0.15, -0.1) is 24.8 Å². The number of anilines is 2. The summed E-state index contributed by atoms with van der Waals surface area (Å²) < 4.78 is 0. The predicted octanol–water partition coefficient (Wildman–Crippen LogP) is 2.02. The third-order valence-electron chi connectivity index (χ3n) is 1.99. The summed E-state index contributed by atoms with van der Waals surface area (Å²) in [5, 5.41) is 8.51. The van der Waals surface area contributed by atoms with E-state index in [0.717, 1.165) is 5.69 Å². The molecule has 0 unspecified atom stereocenters. The fourth-order valence-electron chi connectivity index (χ4n) is 1.12. The molecule has 0 amide bonds. The summed E-state index contributed by atoms with van der Waals surface area (Å²) in [6, 6.07) is 7.34. The van der Waals surface area contributed by atoms with Crippen molar-refractivity contribution in [3.8, 4) is 0 Å². The minimum Gasteiger partial charge on any atom is -0.481 e. The molecule has 1 aromatic carbocycles. The first-order chi connectivity index (χ1) is 6.59. The van der Waals surface area contributed by atoms with Crippen LogP contribution in [-0.2, 0) is 4.79 Å². The van der Waals surface area contributed by atoms with Gasteiger partial charge < -0.3 is 15.7 Å². The molecule has 1 rings (SSSR count). The van der Waals surface area contributed by atoms with Crippen LogP contribution < -0.4 is 10.6 Å². The Morgan fingerprint density at radius 1 is 1.31 bits per heavy atom. The van der Waals surface area contributed by atoms with Gasteiger partial charge in [-0.25, -0.2) is 0 Å². The predicted molar refractivity (Wildman–Crippen MR) is 70.9 cm³/mol. The summed E-state index contributed by atoms with van der Waals surface area (Å²) >= 11 is 0. The van der Waals surface area contributed by atoms with E-state index in [1.807, 2.05) is 24.1 Å². The number of rotatable bonds is 4. The Kier molecular flexibility index (Phi) is 8.71. The Balaban J connectivity index is 0. The number of hydrogen-bond donors (Lipinski definition) is 2. The van der Waals surface area contributed by atoms with Crippen molar-refractivity contribution in [2.45, 2.75) is 6.42 Å². The summed E-state index contributed by atoms with van der Waals surface area (Å²) in [5.41, 5.74) is 7.22. The van der Waals surface area contributed by atoms with Crippen molar-refractivity contribution in [2.75, 3.05) is 24.2 Å². The monoisotopic (exact) mass is 266 g/mol. The fraction of sp³-hybridized carbons (Fsp3) is 0.300. The SMILES string of the molecule is CN(CCC(=O)O)c1ccc(N)cc1.Cl.Cl. The number of carbonyl (C=O) groups is 1. The Hall–Kier alpha value is -1.13. The molecule has 0 radical (unpaired) electrons. The molecule has 0 saturated heterocycles. The molecule has 0 aliphatic heterocycles. The number of carboxylic acid groups (broad SMARTS) is 1. The van der Waals surface area contributed by atoms with Crippen LogP contribution in [0.15, 0.2) is 24.3 Å². The average molecular weight is 267 g/mol. The van der Waals surface area contributed by atoms with Crippen LogP contribution in [-0.4, -0.2) is 24.7 Å². The zero-order valence-electron chi connectivity index (χ0n) is 8.92. The van der Waals surface area contributed by atoms with E-state index in [4.69, 9.17) is 10.8 Å². The number of nitrogen functional groups attached to an aromatic ring is 1. The maximum Gasteiger partial charge on any atom is 0.305 e. The van der Waals surface area contributed by atoms with Crippen molar-refractivity contribution in [1.29, 1.82) is 0 Å². The summed E-state index contributed by atoms with van der Waals surface area (Å²) in [4.78, 5) is 12.2. The van der Waals surface area contributed by atoms with Crippen molar-refractivity contribution < 1.29 is 9.90 Å². The van der Waals surface area contributed by atoms with E-state index >= 15 is 0 Å². The molecule has 6 heteroatoms. The normalized spacial score (nSPS) is 8.56. The average Bonchev–Trinajstić information content (AvgIpc) is 2.15. The van der Waals surface area contributed by atoms with Crippen molar-refractivity contribution in [1.82, 2.24) is 0 Å². The number of nitrogens with two attached hydrogens (primary N) is 1.